The highest BCUT2D eigenvalue weighted by molar-refractivity contribution is 14.0. The van der Waals surface area contributed by atoms with Gasteiger partial charge in [0.2, 0.25) is 5.91 Å². The van der Waals surface area contributed by atoms with Gasteiger partial charge in [-0.3, -0.25) is 9.79 Å². The Hall–Kier alpha value is -0.570. The van der Waals surface area contributed by atoms with Crippen LogP contribution in [0.3, 0.4) is 0 Å². The lowest BCUT2D eigenvalue weighted by Crippen LogP contribution is -2.45. The first-order valence-corrected chi connectivity index (χ1v) is 10.3. The molecular weight excluding hydrogens is 455 g/mol. The number of rotatable bonds is 11. The Kier molecular flexibility index (Phi) is 13.3. The average molecular weight is 496 g/mol. The number of hydrogen-bond acceptors (Lipinski definition) is 3. The smallest absolute Gasteiger partial charge is 0.227 e. The summed E-state index contributed by atoms with van der Waals surface area (Å²) in [7, 11) is 0. The summed E-state index contributed by atoms with van der Waals surface area (Å²) in [6.07, 6.45) is 6.18. The second-order valence-corrected chi connectivity index (χ2v) is 7.95. The van der Waals surface area contributed by atoms with Gasteiger partial charge < -0.3 is 20.7 Å². The van der Waals surface area contributed by atoms with Crippen molar-refractivity contribution in [1.82, 2.24) is 16.0 Å². The van der Waals surface area contributed by atoms with E-state index in [1.165, 1.54) is 25.7 Å². The van der Waals surface area contributed by atoms with Gasteiger partial charge in [0.15, 0.2) is 5.96 Å². The van der Waals surface area contributed by atoms with Gasteiger partial charge in [0.05, 0.1) is 12.0 Å². The number of nitrogens with zero attached hydrogens (tertiary/aromatic N) is 1. The van der Waals surface area contributed by atoms with Crippen LogP contribution >= 0.6 is 24.0 Å². The number of halogens is 1. The molecule has 0 aromatic carbocycles. The molecule has 1 fully saturated rings. The minimum atomic E-state index is -0.516. The summed E-state index contributed by atoms with van der Waals surface area (Å²) in [5.41, 5.74) is -0.209. The Morgan fingerprint density at radius 3 is 2.26 bits per heavy atom. The van der Waals surface area contributed by atoms with Crippen molar-refractivity contribution >= 4 is 35.8 Å². The third-order valence-electron chi connectivity index (χ3n) is 5.20. The summed E-state index contributed by atoms with van der Waals surface area (Å²) in [4.78, 5) is 16.8. The molecule has 1 aliphatic rings. The predicted molar refractivity (Wildman–Crippen MR) is 124 cm³/mol. The molecule has 0 spiro atoms. The number of carbonyl (C=O) groups excluding carboxylic acids is 1. The van der Waals surface area contributed by atoms with Crippen molar-refractivity contribution in [2.24, 2.45) is 15.8 Å². The highest BCUT2D eigenvalue weighted by Gasteiger charge is 2.33. The van der Waals surface area contributed by atoms with Crippen LogP contribution in [-0.2, 0) is 9.53 Å². The van der Waals surface area contributed by atoms with E-state index in [1.807, 2.05) is 27.7 Å². The molecule has 1 saturated carbocycles. The molecule has 160 valence electrons. The normalized spacial score (nSPS) is 16.6. The number of nitrogens with one attached hydrogen (secondary N) is 3. The fraction of sp³-hybridized carbons (Fsp3) is 0.900. The van der Waals surface area contributed by atoms with Gasteiger partial charge in [0.25, 0.3) is 0 Å². The van der Waals surface area contributed by atoms with E-state index in [9.17, 15) is 4.79 Å². The number of amides is 1. The molecule has 0 saturated heterocycles. The van der Waals surface area contributed by atoms with Crippen LogP contribution < -0.4 is 16.0 Å². The van der Waals surface area contributed by atoms with Crippen LogP contribution in [-0.4, -0.2) is 51.3 Å². The van der Waals surface area contributed by atoms with Gasteiger partial charge in [-0.25, -0.2) is 0 Å². The molecule has 6 nitrogen and oxygen atoms in total. The van der Waals surface area contributed by atoms with Crippen molar-refractivity contribution in [2.45, 2.75) is 66.7 Å². The molecule has 0 aromatic rings. The van der Waals surface area contributed by atoms with Gasteiger partial charge >= 0.3 is 0 Å². The number of hydrogen-bond donors (Lipinski definition) is 3. The van der Waals surface area contributed by atoms with Gasteiger partial charge in [-0.05, 0) is 59.3 Å². The minimum absolute atomic E-state index is 0. The number of carbonyl (C=O) groups is 1. The summed E-state index contributed by atoms with van der Waals surface area (Å²) in [5, 5.41) is 9.73. The topological polar surface area (TPSA) is 74.8 Å². The summed E-state index contributed by atoms with van der Waals surface area (Å²) in [6.45, 7) is 14.3. The van der Waals surface area contributed by atoms with Crippen LogP contribution in [0.25, 0.3) is 0 Å². The van der Waals surface area contributed by atoms with Crippen LogP contribution in [0.15, 0.2) is 4.99 Å². The van der Waals surface area contributed by atoms with Gasteiger partial charge in [-0.2, -0.15) is 0 Å². The van der Waals surface area contributed by atoms with Gasteiger partial charge in [0.1, 0.15) is 0 Å². The largest absolute Gasteiger partial charge is 0.382 e. The fourth-order valence-electron chi connectivity index (χ4n) is 3.43. The fourth-order valence-corrected chi connectivity index (χ4v) is 3.43. The molecule has 0 unspecified atom stereocenters. The average Bonchev–Trinajstić information content (AvgIpc) is 3.07. The van der Waals surface area contributed by atoms with Gasteiger partial charge in [-0.15, -0.1) is 24.0 Å². The Labute approximate surface area is 183 Å². The zero-order valence-corrected chi connectivity index (χ0v) is 20.3. The second kappa shape index (κ2) is 13.6. The SMILES string of the molecule is CCNC(=O)C(C)(C)CN=C(NCC)NCC1(CCOCC)CCCC1.I. The van der Waals surface area contributed by atoms with Crippen LogP contribution in [0, 0.1) is 10.8 Å². The minimum Gasteiger partial charge on any atom is -0.382 e. The van der Waals surface area contributed by atoms with Crippen molar-refractivity contribution in [1.29, 1.82) is 0 Å². The van der Waals surface area contributed by atoms with Crippen molar-refractivity contribution in [2.75, 3.05) is 39.4 Å². The third-order valence-corrected chi connectivity index (χ3v) is 5.20. The molecule has 1 rings (SSSR count). The molecule has 0 bridgehead atoms. The molecule has 0 aromatic heterocycles. The molecular formula is C20H41IN4O2. The molecule has 1 aliphatic carbocycles. The number of guanidine groups is 1. The van der Waals surface area contributed by atoms with E-state index >= 15 is 0 Å². The molecule has 0 radical (unpaired) electrons. The van der Waals surface area contributed by atoms with Crippen molar-refractivity contribution in [3.8, 4) is 0 Å². The van der Waals surface area contributed by atoms with E-state index in [0.717, 1.165) is 38.7 Å². The van der Waals surface area contributed by atoms with Crippen molar-refractivity contribution in [3.63, 3.8) is 0 Å². The molecule has 7 heteroatoms. The van der Waals surface area contributed by atoms with E-state index in [1.54, 1.807) is 0 Å². The monoisotopic (exact) mass is 496 g/mol. The molecule has 1 amide bonds. The quantitative estimate of drug-likeness (QED) is 0.178. The second-order valence-electron chi connectivity index (χ2n) is 7.95. The maximum Gasteiger partial charge on any atom is 0.227 e. The van der Waals surface area contributed by atoms with E-state index < -0.39 is 5.41 Å². The Morgan fingerprint density at radius 1 is 1.07 bits per heavy atom. The predicted octanol–water partition coefficient (Wildman–Crippen LogP) is 3.31. The first-order chi connectivity index (χ1) is 12.4. The molecule has 0 heterocycles. The summed E-state index contributed by atoms with van der Waals surface area (Å²) >= 11 is 0. The molecule has 27 heavy (non-hydrogen) atoms. The number of aliphatic imine (C=N–C) groups is 1. The summed E-state index contributed by atoms with van der Waals surface area (Å²) < 4.78 is 5.60. The lowest BCUT2D eigenvalue weighted by atomic mass is 9.83. The van der Waals surface area contributed by atoms with Crippen LogP contribution in [0.2, 0.25) is 0 Å². The van der Waals surface area contributed by atoms with Gasteiger partial charge in [-0.1, -0.05) is 12.8 Å². The van der Waals surface area contributed by atoms with Gasteiger partial charge in [0, 0.05) is 32.8 Å². The summed E-state index contributed by atoms with van der Waals surface area (Å²) in [6, 6.07) is 0. The first-order valence-electron chi connectivity index (χ1n) is 10.3. The standard InChI is InChI=1S/C20H40N4O2.HI/c1-6-21-17(25)19(4,5)15-23-18(22-7-2)24-16-20(11-9-10-12-20)13-14-26-8-3;/h6-16H2,1-5H3,(H,21,25)(H2,22,23,24);1H. The van der Waals surface area contributed by atoms with Crippen LogP contribution in [0.4, 0.5) is 0 Å². The zero-order chi connectivity index (χ0) is 19.5. The van der Waals surface area contributed by atoms with Crippen molar-refractivity contribution in [3.05, 3.63) is 0 Å². The molecule has 0 atom stereocenters. The zero-order valence-electron chi connectivity index (χ0n) is 18.0. The Morgan fingerprint density at radius 2 is 1.70 bits per heavy atom. The lowest BCUT2D eigenvalue weighted by Gasteiger charge is -2.30. The highest BCUT2D eigenvalue weighted by Crippen LogP contribution is 2.40. The van der Waals surface area contributed by atoms with E-state index in [-0.39, 0.29) is 29.9 Å². The third kappa shape index (κ3) is 9.45. The molecule has 3 N–H and O–H groups in total. The van der Waals surface area contributed by atoms with E-state index in [0.29, 0.717) is 18.5 Å². The highest BCUT2D eigenvalue weighted by atomic mass is 127. The van der Waals surface area contributed by atoms with Crippen molar-refractivity contribution < 1.29 is 9.53 Å². The van der Waals surface area contributed by atoms with E-state index in [2.05, 4.69) is 27.9 Å². The number of ether oxygens (including phenoxy) is 1. The maximum absolute atomic E-state index is 12.2. The van der Waals surface area contributed by atoms with Crippen LogP contribution in [0.5, 0.6) is 0 Å². The van der Waals surface area contributed by atoms with E-state index in [4.69, 9.17) is 4.74 Å². The first kappa shape index (κ1) is 26.4. The Balaban J connectivity index is 0.00000676. The summed E-state index contributed by atoms with van der Waals surface area (Å²) in [5.74, 6) is 0.844. The maximum atomic E-state index is 12.2. The Bertz CT molecular complexity index is 449. The van der Waals surface area contributed by atoms with Crippen LogP contribution in [0.1, 0.15) is 66.7 Å². The lowest BCUT2D eigenvalue weighted by molar-refractivity contribution is -0.128. The molecule has 0 aliphatic heterocycles.